The van der Waals surface area contributed by atoms with Crippen molar-refractivity contribution in [3.8, 4) is 0 Å². The molecule has 1 atom stereocenters. The number of hydrogen-bond donors (Lipinski definition) is 2. The van der Waals surface area contributed by atoms with Crippen LogP contribution in [-0.4, -0.2) is 11.7 Å². The van der Waals surface area contributed by atoms with E-state index < -0.39 is 5.54 Å². The standard InChI is InChI=1S/C10H13BrFNO/c1-10(13,4-5-14)7-2-3-9(12)8(11)6-7/h2-3,6,14H,4-5,13H2,1H3/t10-/m1/s1. The molecular weight excluding hydrogens is 249 g/mol. The summed E-state index contributed by atoms with van der Waals surface area (Å²) in [4.78, 5) is 0. The summed E-state index contributed by atoms with van der Waals surface area (Å²) in [5.41, 5.74) is 6.15. The van der Waals surface area contributed by atoms with E-state index in [4.69, 9.17) is 10.8 Å². The van der Waals surface area contributed by atoms with E-state index >= 15 is 0 Å². The minimum Gasteiger partial charge on any atom is -0.396 e. The van der Waals surface area contributed by atoms with Crippen LogP contribution in [0.5, 0.6) is 0 Å². The Morgan fingerprint density at radius 3 is 2.71 bits per heavy atom. The van der Waals surface area contributed by atoms with Crippen molar-refractivity contribution in [2.75, 3.05) is 6.61 Å². The number of rotatable bonds is 3. The lowest BCUT2D eigenvalue weighted by atomic mass is 9.90. The first-order valence-corrected chi connectivity index (χ1v) is 5.12. The molecule has 0 unspecified atom stereocenters. The van der Waals surface area contributed by atoms with E-state index in [1.54, 1.807) is 12.1 Å². The zero-order valence-corrected chi connectivity index (χ0v) is 9.51. The molecule has 0 aliphatic rings. The van der Waals surface area contributed by atoms with Gasteiger partial charge in [0.1, 0.15) is 5.82 Å². The van der Waals surface area contributed by atoms with Gasteiger partial charge in [-0.25, -0.2) is 4.39 Å². The maximum Gasteiger partial charge on any atom is 0.137 e. The summed E-state index contributed by atoms with van der Waals surface area (Å²) in [5, 5.41) is 8.82. The topological polar surface area (TPSA) is 46.2 Å². The largest absolute Gasteiger partial charge is 0.396 e. The SMILES string of the molecule is C[C@@](N)(CCO)c1ccc(F)c(Br)c1. The number of aliphatic hydroxyl groups excluding tert-OH is 1. The van der Waals surface area contributed by atoms with Gasteiger partial charge in [-0.05, 0) is 47.0 Å². The molecule has 1 aromatic rings. The van der Waals surface area contributed by atoms with Crippen molar-refractivity contribution in [2.24, 2.45) is 5.73 Å². The third-order valence-electron chi connectivity index (χ3n) is 2.21. The Bertz CT molecular complexity index is 328. The van der Waals surface area contributed by atoms with Crippen molar-refractivity contribution in [1.82, 2.24) is 0 Å². The van der Waals surface area contributed by atoms with E-state index in [-0.39, 0.29) is 12.4 Å². The highest BCUT2D eigenvalue weighted by molar-refractivity contribution is 9.10. The van der Waals surface area contributed by atoms with Crippen molar-refractivity contribution in [1.29, 1.82) is 0 Å². The molecule has 0 amide bonds. The number of benzene rings is 1. The monoisotopic (exact) mass is 261 g/mol. The number of hydrogen-bond acceptors (Lipinski definition) is 2. The molecule has 0 bridgehead atoms. The van der Waals surface area contributed by atoms with Crippen molar-refractivity contribution < 1.29 is 9.50 Å². The first kappa shape index (κ1) is 11.6. The summed E-state index contributed by atoms with van der Waals surface area (Å²) in [6.45, 7) is 1.82. The van der Waals surface area contributed by atoms with Crippen LogP contribution in [0.3, 0.4) is 0 Å². The maximum absolute atomic E-state index is 12.9. The second-order valence-corrected chi connectivity index (χ2v) is 4.37. The molecule has 1 rings (SSSR count). The second-order valence-electron chi connectivity index (χ2n) is 3.52. The molecule has 0 spiro atoms. The summed E-state index contributed by atoms with van der Waals surface area (Å²) in [6, 6.07) is 4.64. The Morgan fingerprint density at radius 2 is 2.21 bits per heavy atom. The van der Waals surface area contributed by atoms with Crippen molar-refractivity contribution in [3.05, 3.63) is 34.1 Å². The molecule has 0 radical (unpaired) electrons. The fourth-order valence-corrected chi connectivity index (χ4v) is 1.61. The molecular formula is C10H13BrFNO. The zero-order valence-electron chi connectivity index (χ0n) is 7.93. The van der Waals surface area contributed by atoms with Gasteiger partial charge in [0, 0.05) is 12.1 Å². The lowest BCUT2D eigenvalue weighted by molar-refractivity contribution is 0.247. The molecule has 0 aliphatic heterocycles. The maximum atomic E-state index is 12.9. The van der Waals surface area contributed by atoms with Crippen LogP contribution in [0.2, 0.25) is 0 Å². The molecule has 3 N–H and O–H groups in total. The Morgan fingerprint density at radius 1 is 1.57 bits per heavy atom. The third kappa shape index (κ3) is 2.53. The molecule has 1 aromatic carbocycles. The normalized spacial score (nSPS) is 15.2. The molecule has 0 aliphatic carbocycles. The van der Waals surface area contributed by atoms with Gasteiger partial charge >= 0.3 is 0 Å². The zero-order chi connectivity index (χ0) is 10.8. The fraction of sp³-hybridized carbons (Fsp3) is 0.400. The highest BCUT2D eigenvalue weighted by Crippen LogP contribution is 2.25. The van der Waals surface area contributed by atoms with Gasteiger partial charge in [-0.2, -0.15) is 0 Å². The van der Waals surface area contributed by atoms with Gasteiger partial charge in [0.05, 0.1) is 4.47 Å². The van der Waals surface area contributed by atoms with E-state index in [0.29, 0.717) is 10.9 Å². The lowest BCUT2D eigenvalue weighted by Gasteiger charge is -2.24. The predicted octanol–water partition coefficient (Wildman–Crippen LogP) is 2.14. The molecule has 0 fully saturated rings. The summed E-state index contributed by atoms with van der Waals surface area (Å²) < 4.78 is 13.3. The van der Waals surface area contributed by atoms with E-state index in [1.165, 1.54) is 6.07 Å². The molecule has 0 heterocycles. The van der Waals surface area contributed by atoms with E-state index in [1.807, 2.05) is 6.92 Å². The van der Waals surface area contributed by atoms with Crippen LogP contribution < -0.4 is 5.73 Å². The first-order chi connectivity index (χ1) is 6.47. The van der Waals surface area contributed by atoms with Gasteiger partial charge in [-0.1, -0.05) is 6.07 Å². The van der Waals surface area contributed by atoms with Crippen LogP contribution >= 0.6 is 15.9 Å². The van der Waals surface area contributed by atoms with Crippen LogP contribution in [-0.2, 0) is 5.54 Å². The number of halogens is 2. The summed E-state index contributed by atoms with van der Waals surface area (Å²) in [7, 11) is 0. The molecule has 0 aromatic heterocycles. The van der Waals surface area contributed by atoms with Crippen molar-refractivity contribution >= 4 is 15.9 Å². The van der Waals surface area contributed by atoms with E-state index in [9.17, 15) is 4.39 Å². The minimum absolute atomic E-state index is 0.0159. The summed E-state index contributed by atoms with van der Waals surface area (Å²) >= 11 is 3.10. The quantitative estimate of drug-likeness (QED) is 0.876. The molecule has 0 saturated heterocycles. The van der Waals surface area contributed by atoms with Gasteiger partial charge in [0.15, 0.2) is 0 Å². The van der Waals surface area contributed by atoms with E-state index in [0.717, 1.165) is 5.56 Å². The Balaban J connectivity index is 3.01. The second kappa shape index (κ2) is 4.38. The Labute approximate surface area is 91.1 Å². The Kier molecular flexibility index (Phi) is 3.64. The third-order valence-corrected chi connectivity index (χ3v) is 2.82. The van der Waals surface area contributed by atoms with Crippen molar-refractivity contribution in [3.63, 3.8) is 0 Å². The summed E-state index contributed by atoms with van der Waals surface area (Å²) in [6.07, 6.45) is 0.449. The summed E-state index contributed by atoms with van der Waals surface area (Å²) in [5.74, 6) is -0.312. The van der Waals surface area contributed by atoms with Gasteiger partial charge in [0.25, 0.3) is 0 Å². The van der Waals surface area contributed by atoms with Crippen LogP contribution in [0.15, 0.2) is 22.7 Å². The van der Waals surface area contributed by atoms with Gasteiger partial charge in [-0.3, -0.25) is 0 Å². The first-order valence-electron chi connectivity index (χ1n) is 4.32. The lowest BCUT2D eigenvalue weighted by Crippen LogP contribution is -2.34. The van der Waals surface area contributed by atoms with E-state index in [2.05, 4.69) is 15.9 Å². The van der Waals surface area contributed by atoms with Gasteiger partial charge in [0.2, 0.25) is 0 Å². The minimum atomic E-state index is -0.620. The van der Waals surface area contributed by atoms with Crippen LogP contribution in [0.25, 0.3) is 0 Å². The average Bonchev–Trinajstić information content (AvgIpc) is 2.09. The van der Waals surface area contributed by atoms with Gasteiger partial charge in [-0.15, -0.1) is 0 Å². The fourth-order valence-electron chi connectivity index (χ4n) is 1.23. The highest BCUT2D eigenvalue weighted by Gasteiger charge is 2.21. The molecule has 4 heteroatoms. The molecule has 0 saturated carbocycles. The molecule has 2 nitrogen and oxygen atoms in total. The highest BCUT2D eigenvalue weighted by atomic mass is 79.9. The van der Waals surface area contributed by atoms with Crippen molar-refractivity contribution in [2.45, 2.75) is 18.9 Å². The predicted molar refractivity (Wildman–Crippen MR) is 57.3 cm³/mol. The Hall–Kier alpha value is -0.450. The van der Waals surface area contributed by atoms with Crippen LogP contribution in [0.1, 0.15) is 18.9 Å². The van der Waals surface area contributed by atoms with Crippen LogP contribution in [0.4, 0.5) is 4.39 Å². The molecule has 78 valence electrons. The van der Waals surface area contributed by atoms with Gasteiger partial charge < -0.3 is 10.8 Å². The molecule has 14 heavy (non-hydrogen) atoms. The average molecular weight is 262 g/mol. The van der Waals surface area contributed by atoms with Crippen LogP contribution in [0, 0.1) is 5.82 Å². The number of nitrogens with two attached hydrogens (primary N) is 1. The smallest absolute Gasteiger partial charge is 0.137 e. The number of aliphatic hydroxyl groups is 1.